The van der Waals surface area contributed by atoms with Crippen molar-refractivity contribution in [2.45, 2.75) is 78.3 Å². The molecule has 0 spiro atoms. The summed E-state index contributed by atoms with van der Waals surface area (Å²) in [5, 5.41) is 15.5. The SMILES string of the molecule is CCC(CC)CNC(=NCc1nnc(C)n1C)NC1CCCCC1.I. The summed E-state index contributed by atoms with van der Waals surface area (Å²) in [6.45, 7) is 8.01. The lowest BCUT2D eigenvalue weighted by molar-refractivity contribution is 0.406. The molecule has 2 rings (SSSR count). The van der Waals surface area contributed by atoms with Gasteiger partial charge in [-0.1, -0.05) is 46.0 Å². The van der Waals surface area contributed by atoms with Gasteiger partial charge < -0.3 is 15.2 Å². The molecule has 6 nitrogen and oxygen atoms in total. The van der Waals surface area contributed by atoms with Crippen molar-refractivity contribution in [3.05, 3.63) is 11.6 Å². The summed E-state index contributed by atoms with van der Waals surface area (Å²) in [7, 11) is 1.99. The van der Waals surface area contributed by atoms with E-state index < -0.39 is 0 Å². The fourth-order valence-electron chi connectivity index (χ4n) is 3.15. The second-order valence-corrected chi connectivity index (χ2v) is 6.93. The molecule has 1 aliphatic carbocycles. The van der Waals surface area contributed by atoms with E-state index in [1.54, 1.807) is 0 Å². The molecule has 144 valence electrons. The first-order chi connectivity index (χ1) is 11.6. The number of guanidine groups is 1. The van der Waals surface area contributed by atoms with Gasteiger partial charge in [-0.05, 0) is 25.7 Å². The van der Waals surface area contributed by atoms with Crippen LogP contribution in [-0.4, -0.2) is 33.3 Å². The van der Waals surface area contributed by atoms with E-state index in [2.05, 4.69) is 34.7 Å². The standard InChI is InChI=1S/C18H34N6.HI/c1-5-15(6-2)12-19-18(21-16-10-8-7-9-11-16)20-13-17-23-22-14(3)24(17)4;/h15-16H,5-13H2,1-4H3,(H2,19,20,21);1H. The average molecular weight is 462 g/mol. The van der Waals surface area contributed by atoms with Crippen LogP contribution < -0.4 is 10.6 Å². The van der Waals surface area contributed by atoms with Gasteiger partial charge in [0, 0.05) is 19.6 Å². The third kappa shape index (κ3) is 7.11. The van der Waals surface area contributed by atoms with Crippen LogP contribution in [0.15, 0.2) is 4.99 Å². The molecule has 1 aromatic heterocycles. The third-order valence-electron chi connectivity index (χ3n) is 5.22. The lowest BCUT2D eigenvalue weighted by Crippen LogP contribution is -2.45. The number of hydrogen-bond acceptors (Lipinski definition) is 3. The molecule has 0 saturated heterocycles. The number of aryl methyl sites for hydroxylation is 1. The Morgan fingerprint density at radius 2 is 1.88 bits per heavy atom. The highest BCUT2D eigenvalue weighted by atomic mass is 127. The normalized spacial score (nSPS) is 16.0. The zero-order chi connectivity index (χ0) is 17.4. The maximum absolute atomic E-state index is 4.77. The van der Waals surface area contributed by atoms with Crippen molar-refractivity contribution in [3.8, 4) is 0 Å². The van der Waals surface area contributed by atoms with Crippen LogP contribution in [0, 0.1) is 12.8 Å². The summed E-state index contributed by atoms with van der Waals surface area (Å²) in [5.74, 6) is 3.45. The van der Waals surface area contributed by atoms with Crippen LogP contribution in [0.5, 0.6) is 0 Å². The maximum Gasteiger partial charge on any atom is 0.191 e. The Morgan fingerprint density at radius 3 is 2.44 bits per heavy atom. The van der Waals surface area contributed by atoms with Crippen LogP contribution in [0.2, 0.25) is 0 Å². The lowest BCUT2D eigenvalue weighted by Gasteiger charge is -2.26. The minimum absolute atomic E-state index is 0. The van der Waals surface area contributed by atoms with E-state index in [1.807, 2.05) is 18.5 Å². The Kier molecular flexibility index (Phi) is 10.4. The van der Waals surface area contributed by atoms with Crippen molar-refractivity contribution >= 4 is 29.9 Å². The Labute approximate surface area is 169 Å². The Morgan fingerprint density at radius 1 is 1.20 bits per heavy atom. The summed E-state index contributed by atoms with van der Waals surface area (Å²) in [6, 6.07) is 0.549. The van der Waals surface area contributed by atoms with Crippen LogP contribution in [0.3, 0.4) is 0 Å². The number of aromatic nitrogens is 3. The highest BCUT2D eigenvalue weighted by molar-refractivity contribution is 14.0. The Hall–Kier alpha value is -0.860. The molecular formula is C18H35IN6. The van der Waals surface area contributed by atoms with E-state index in [9.17, 15) is 0 Å². The largest absolute Gasteiger partial charge is 0.356 e. The number of rotatable bonds is 7. The van der Waals surface area contributed by atoms with Crippen LogP contribution in [0.4, 0.5) is 0 Å². The highest BCUT2D eigenvalue weighted by Crippen LogP contribution is 2.17. The van der Waals surface area contributed by atoms with E-state index in [-0.39, 0.29) is 24.0 Å². The summed E-state index contributed by atoms with van der Waals surface area (Å²) >= 11 is 0. The van der Waals surface area contributed by atoms with Crippen LogP contribution in [0.1, 0.15) is 70.4 Å². The summed E-state index contributed by atoms with van der Waals surface area (Å²) in [5.41, 5.74) is 0. The van der Waals surface area contributed by atoms with E-state index in [0.717, 1.165) is 24.2 Å². The number of halogens is 1. The Balaban J connectivity index is 0.00000312. The molecule has 0 amide bonds. The van der Waals surface area contributed by atoms with Crippen molar-refractivity contribution in [2.24, 2.45) is 18.0 Å². The summed E-state index contributed by atoms with van der Waals surface area (Å²) in [4.78, 5) is 4.77. The molecule has 7 heteroatoms. The Bertz CT molecular complexity index is 518. The monoisotopic (exact) mass is 462 g/mol. The molecule has 1 fully saturated rings. The van der Waals surface area contributed by atoms with Gasteiger partial charge in [-0.15, -0.1) is 34.2 Å². The summed E-state index contributed by atoms with van der Waals surface area (Å²) in [6.07, 6.45) is 8.89. The van der Waals surface area contributed by atoms with Gasteiger partial charge in [0.05, 0.1) is 0 Å². The fourth-order valence-corrected chi connectivity index (χ4v) is 3.15. The lowest BCUT2D eigenvalue weighted by atomic mass is 9.96. The molecule has 0 atom stereocenters. The van der Waals surface area contributed by atoms with E-state index in [1.165, 1.54) is 44.9 Å². The van der Waals surface area contributed by atoms with Gasteiger partial charge in [0.1, 0.15) is 12.4 Å². The van der Waals surface area contributed by atoms with Gasteiger partial charge in [0.15, 0.2) is 11.8 Å². The average Bonchev–Trinajstić information content (AvgIpc) is 2.93. The maximum atomic E-state index is 4.77. The molecule has 2 N–H and O–H groups in total. The molecule has 0 aliphatic heterocycles. The molecule has 1 aromatic rings. The van der Waals surface area contributed by atoms with Crippen molar-refractivity contribution in [2.75, 3.05) is 6.54 Å². The summed E-state index contributed by atoms with van der Waals surface area (Å²) < 4.78 is 2.00. The molecule has 0 bridgehead atoms. The number of nitrogens with zero attached hydrogens (tertiary/aromatic N) is 4. The quantitative estimate of drug-likeness (QED) is 0.370. The minimum atomic E-state index is 0. The first kappa shape index (κ1) is 22.2. The molecule has 0 aromatic carbocycles. The van der Waals surface area contributed by atoms with Crippen LogP contribution in [0.25, 0.3) is 0 Å². The van der Waals surface area contributed by atoms with E-state index in [4.69, 9.17) is 4.99 Å². The first-order valence-corrected chi connectivity index (χ1v) is 9.53. The molecule has 1 saturated carbocycles. The van der Waals surface area contributed by atoms with E-state index in [0.29, 0.717) is 18.5 Å². The minimum Gasteiger partial charge on any atom is -0.356 e. The predicted molar refractivity (Wildman–Crippen MR) is 114 cm³/mol. The van der Waals surface area contributed by atoms with Crippen molar-refractivity contribution < 1.29 is 0 Å². The highest BCUT2D eigenvalue weighted by Gasteiger charge is 2.15. The van der Waals surface area contributed by atoms with E-state index >= 15 is 0 Å². The van der Waals surface area contributed by atoms with Gasteiger partial charge in [-0.3, -0.25) is 0 Å². The first-order valence-electron chi connectivity index (χ1n) is 9.53. The van der Waals surface area contributed by atoms with Gasteiger partial charge in [-0.25, -0.2) is 4.99 Å². The number of hydrogen-bond donors (Lipinski definition) is 2. The van der Waals surface area contributed by atoms with Gasteiger partial charge in [-0.2, -0.15) is 0 Å². The molecule has 1 heterocycles. The van der Waals surface area contributed by atoms with Crippen molar-refractivity contribution in [3.63, 3.8) is 0 Å². The number of nitrogens with one attached hydrogen (secondary N) is 2. The van der Waals surface area contributed by atoms with Crippen LogP contribution >= 0.6 is 24.0 Å². The second-order valence-electron chi connectivity index (χ2n) is 6.93. The fraction of sp³-hybridized carbons (Fsp3) is 0.833. The molecule has 25 heavy (non-hydrogen) atoms. The second kappa shape index (κ2) is 11.7. The molecule has 0 unspecified atom stereocenters. The topological polar surface area (TPSA) is 67.1 Å². The molecule has 1 aliphatic rings. The van der Waals surface area contributed by atoms with Crippen LogP contribution in [-0.2, 0) is 13.6 Å². The van der Waals surface area contributed by atoms with Crippen molar-refractivity contribution in [1.82, 2.24) is 25.4 Å². The zero-order valence-electron chi connectivity index (χ0n) is 16.2. The zero-order valence-corrected chi connectivity index (χ0v) is 18.5. The van der Waals surface area contributed by atoms with Gasteiger partial charge in [0.25, 0.3) is 0 Å². The molecular weight excluding hydrogens is 427 g/mol. The third-order valence-corrected chi connectivity index (χ3v) is 5.22. The number of aliphatic imine (C=N–C) groups is 1. The smallest absolute Gasteiger partial charge is 0.191 e. The van der Waals surface area contributed by atoms with Gasteiger partial charge >= 0.3 is 0 Å². The molecule has 0 radical (unpaired) electrons. The van der Waals surface area contributed by atoms with Gasteiger partial charge in [0.2, 0.25) is 0 Å². The predicted octanol–water partition coefficient (Wildman–Crippen LogP) is 3.55. The van der Waals surface area contributed by atoms with Crippen molar-refractivity contribution in [1.29, 1.82) is 0 Å².